The van der Waals surface area contributed by atoms with Crippen LogP contribution in [0.4, 0.5) is 5.69 Å². The van der Waals surface area contributed by atoms with Crippen molar-refractivity contribution in [1.82, 2.24) is 4.72 Å². The van der Waals surface area contributed by atoms with Crippen molar-refractivity contribution < 1.29 is 18.3 Å². The topological polar surface area (TPSA) is 108 Å². The molecule has 0 saturated heterocycles. The molecular weight excluding hydrogens is 317 g/mol. The summed E-state index contributed by atoms with van der Waals surface area (Å²) in [5, 5.41) is 11.3. The number of guanidine groups is 1. The highest BCUT2D eigenvalue weighted by Gasteiger charge is 2.29. The summed E-state index contributed by atoms with van der Waals surface area (Å²) >= 11 is 11.6. The molecule has 1 aromatic carbocycles. The number of halogens is 2. The quantitative estimate of drug-likeness (QED) is 0.756. The Bertz CT molecular complexity index is 687. The summed E-state index contributed by atoms with van der Waals surface area (Å²) < 4.78 is 26.0. The maximum absolute atomic E-state index is 12.0. The lowest BCUT2D eigenvalue weighted by Gasteiger charge is -2.22. The van der Waals surface area contributed by atoms with Crippen molar-refractivity contribution in [2.45, 2.75) is 4.90 Å². The highest BCUT2D eigenvalue weighted by molar-refractivity contribution is 7.90. The molecule has 19 heavy (non-hydrogen) atoms. The Morgan fingerprint density at radius 1 is 1.37 bits per heavy atom. The van der Waals surface area contributed by atoms with E-state index in [1.807, 2.05) is 0 Å². The zero-order valence-corrected chi connectivity index (χ0v) is 11.5. The average Bonchev–Trinajstić information content (AvgIpc) is 2.23. The molecule has 0 radical (unpaired) electrons. The number of carboxylic acids is 1. The molecule has 0 amide bonds. The molecule has 1 heterocycles. The van der Waals surface area contributed by atoms with E-state index in [-0.39, 0.29) is 26.6 Å². The Hall–Kier alpha value is -1.51. The number of nitrogens with zero attached hydrogens (tertiary/aromatic N) is 1. The summed E-state index contributed by atoms with van der Waals surface area (Å²) in [6.45, 7) is -0.575. The number of benzene rings is 1. The number of rotatable bonds is 2. The second-order valence-electron chi connectivity index (χ2n) is 3.55. The van der Waals surface area contributed by atoms with E-state index in [2.05, 4.69) is 15.0 Å². The summed E-state index contributed by atoms with van der Waals surface area (Å²) in [6, 6.07) is 2.65. The van der Waals surface area contributed by atoms with E-state index >= 15 is 0 Å². The van der Waals surface area contributed by atoms with E-state index < -0.39 is 22.5 Å². The van der Waals surface area contributed by atoms with Crippen LogP contribution in [0.1, 0.15) is 0 Å². The summed E-state index contributed by atoms with van der Waals surface area (Å²) in [7, 11) is -3.91. The Balaban J connectivity index is 2.50. The Morgan fingerprint density at radius 2 is 2.05 bits per heavy atom. The third kappa shape index (κ3) is 2.91. The Morgan fingerprint density at radius 3 is 2.68 bits per heavy atom. The number of nitrogens with one attached hydrogen (secondary N) is 2. The predicted molar refractivity (Wildman–Crippen MR) is 70.3 cm³/mol. The number of aliphatic carboxylic acids is 1. The lowest BCUT2D eigenvalue weighted by molar-refractivity contribution is -0.135. The molecule has 0 saturated carbocycles. The van der Waals surface area contributed by atoms with Gasteiger partial charge in [0.15, 0.2) is 0 Å². The molecule has 1 aromatic rings. The molecule has 1 aliphatic heterocycles. The second-order valence-corrected chi connectivity index (χ2v) is 6.02. The number of carbonyl (C=O) groups is 1. The Labute approximate surface area is 118 Å². The number of sulfonamides is 1. The van der Waals surface area contributed by atoms with Crippen molar-refractivity contribution >= 4 is 50.8 Å². The van der Waals surface area contributed by atoms with Crippen LogP contribution < -0.4 is 10.0 Å². The van der Waals surface area contributed by atoms with Crippen LogP contribution in [0, 0.1) is 0 Å². The second kappa shape index (κ2) is 4.87. The van der Waals surface area contributed by atoms with E-state index in [0.717, 1.165) is 0 Å². The first-order chi connectivity index (χ1) is 8.79. The number of carboxylic acid groups (broad SMARTS) is 1. The first kappa shape index (κ1) is 13.9. The van der Waals surface area contributed by atoms with Gasteiger partial charge in [0, 0.05) is 5.02 Å². The number of aliphatic imine (C=N–C) groups is 1. The van der Waals surface area contributed by atoms with E-state index in [1.165, 1.54) is 12.1 Å². The maximum atomic E-state index is 12.0. The molecule has 7 nitrogen and oxygen atoms in total. The molecule has 0 bridgehead atoms. The van der Waals surface area contributed by atoms with Gasteiger partial charge in [0.25, 0.3) is 10.0 Å². The molecular formula is C9H7Cl2N3O4S. The molecule has 10 heteroatoms. The molecule has 0 unspecified atom stereocenters. The van der Waals surface area contributed by atoms with Gasteiger partial charge >= 0.3 is 5.97 Å². The first-order valence-corrected chi connectivity index (χ1v) is 7.08. The molecule has 0 aliphatic carbocycles. The lowest BCUT2D eigenvalue weighted by atomic mass is 10.3. The third-order valence-electron chi connectivity index (χ3n) is 2.13. The normalized spacial score (nSPS) is 18.3. The van der Waals surface area contributed by atoms with Gasteiger partial charge in [-0.3, -0.25) is 4.79 Å². The zero-order chi connectivity index (χ0) is 14.2. The van der Waals surface area contributed by atoms with E-state index in [1.54, 1.807) is 0 Å². The van der Waals surface area contributed by atoms with Crippen molar-refractivity contribution in [1.29, 1.82) is 0 Å². The molecule has 0 fully saturated rings. The Kier molecular flexibility index (Phi) is 3.57. The van der Waals surface area contributed by atoms with E-state index in [4.69, 9.17) is 28.3 Å². The lowest BCUT2D eigenvalue weighted by Crippen LogP contribution is -2.41. The van der Waals surface area contributed by atoms with Crippen LogP contribution in [-0.4, -0.2) is 32.0 Å². The van der Waals surface area contributed by atoms with Gasteiger partial charge < -0.3 is 10.4 Å². The van der Waals surface area contributed by atoms with Crippen LogP contribution in [-0.2, 0) is 14.8 Å². The van der Waals surface area contributed by atoms with E-state index in [0.29, 0.717) is 0 Å². The van der Waals surface area contributed by atoms with Gasteiger partial charge in [-0.2, -0.15) is 0 Å². The SMILES string of the molecule is O=C(O)CN=C1Nc2cc(Cl)cc(Cl)c2S(=O)(=O)N1. The van der Waals surface area contributed by atoms with Crippen LogP contribution in [0.5, 0.6) is 0 Å². The highest BCUT2D eigenvalue weighted by atomic mass is 35.5. The fraction of sp³-hybridized carbons (Fsp3) is 0.111. The van der Waals surface area contributed by atoms with Crippen molar-refractivity contribution in [3.05, 3.63) is 22.2 Å². The maximum Gasteiger partial charge on any atom is 0.325 e. The smallest absolute Gasteiger partial charge is 0.325 e. The van der Waals surface area contributed by atoms with Crippen molar-refractivity contribution in [3.8, 4) is 0 Å². The summed E-state index contributed by atoms with van der Waals surface area (Å²) in [5.74, 6) is -1.39. The van der Waals surface area contributed by atoms with Gasteiger partial charge in [0.05, 0.1) is 10.7 Å². The first-order valence-electron chi connectivity index (χ1n) is 4.85. The summed E-state index contributed by atoms with van der Waals surface area (Å²) in [6.07, 6.45) is 0. The number of hydrogen-bond donors (Lipinski definition) is 3. The number of anilines is 1. The molecule has 1 aliphatic rings. The van der Waals surface area contributed by atoms with Crippen molar-refractivity contribution in [2.24, 2.45) is 4.99 Å². The van der Waals surface area contributed by atoms with Crippen LogP contribution in [0.3, 0.4) is 0 Å². The molecule has 0 spiro atoms. The molecule has 2 rings (SSSR count). The largest absolute Gasteiger partial charge is 0.480 e. The molecule has 0 atom stereocenters. The zero-order valence-electron chi connectivity index (χ0n) is 9.15. The molecule has 102 valence electrons. The van der Waals surface area contributed by atoms with Crippen molar-refractivity contribution in [3.63, 3.8) is 0 Å². The highest BCUT2D eigenvalue weighted by Crippen LogP contribution is 2.34. The number of hydrogen-bond acceptors (Lipinski definition) is 4. The van der Waals surface area contributed by atoms with Gasteiger partial charge in [0.2, 0.25) is 5.96 Å². The fourth-order valence-electron chi connectivity index (χ4n) is 1.48. The monoisotopic (exact) mass is 323 g/mol. The molecule has 3 N–H and O–H groups in total. The van der Waals surface area contributed by atoms with Crippen molar-refractivity contribution in [2.75, 3.05) is 11.9 Å². The predicted octanol–water partition coefficient (Wildman–Crippen LogP) is 1.14. The van der Waals surface area contributed by atoms with Crippen LogP contribution >= 0.6 is 23.2 Å². The van der Waals surface area contributed by atoms with Crippen LogP contribution in [0.25, 0.3) is 0 Å². The average molecular weight is 324 g/mol. The van der Waals surface area contributed by atoms with Gasteiger partial charge in [0.1, 0.15) is 11.4 Å². The minimum Gasteiger partial charge on any atom is -0.480 e. The van der Waals surface area contributed by atoms with Gasteiger partial charge in [-0.1, -0.05) is 23.2 Å². The minimum absolute atomic E-state index is 0.0419. The summed E-state index contributed by atoms with van der Waals surface area (Å²) in [4.78, 5) is 13.8. The van der Waals surface area contributed by atoms with Crippen LogP contribution in [0.15, 0.2) is 22.0 Å². The fourth-order valence-corrected chi connectivity index (χ4v) is 3.46. The number of fused-ring (bicyclic) bond motifs is 1. The molecule has 0 aromatic heterocycles. The van der Waals surface area contributed by atoms with Gasteiger partial charge in [-0.15, -0.1) is 0 Å². The standard InChI is InChI=1S/C9H7Cl2N3O4S/c10-4-1-5(11)8-6(2-4)13-9(12-3-7(15)16)14-19(8,17)18/h1-2H,3H2,(H,15,16)(H2,12,13,14). The third-order valence-corrected chi connectivity index (χ3v) is 4.20. The van der Waals surface area contributed by atoms with Gasteiger partial charge in [-0.25, -0.2) is 18.1 Å². The van der Waals surface area contributed by atoms with E-state index in [9.17, 15) is 13.2 Å². The van der Waals surface area contributed by atoms with Crippen LogP contribution in [0.2, 0.25) is 10.0 Å². The van der Waals surface area contributed by atoms with Gasteiger partial charge in [-0.05, 0) is 12.1 Å². The summed E-state index contributed by atoms with van der Waals surface area (Å²) in [5.41, 5.74) is 0.139. The minimum atomic E-state index is -3.91.